The Hall–Kier alpha value is -4.27. The van der Waals surface area contributed by atoms with Gasteiger partial charge in [-0.05, 0) is 31.5 Å². The number of anilines is 1. The quantitative estimate of drug-likeness (QED) is 0.224. The van der Waals surface area contributed by atoms with Crippen LogP contribution in [0.1, 0.15) is 28.5 Å². The highest BCUT2D eigenvalue weighted by molar-refractivity contribution is 6.51. The van der Waals surface area contributed by atoms with Crippen LogP contribution in [0.25, 0.3) is 5.76 Å². The van der Waals surface area contributed by atoms with E-state index in [1.807, 2.05) is 6.92 Å². The predicted octanol–water partition coefficient (Wildman–Crippen LogP) is 3.83. The molecule has 1 aliphatic rings. The van der Waals surface area contributed by atoms with Crippen molar-refractivity contribution >= 4 is 29.0 Å². The van der Waals surface area contributed by atoms with Crippen molar-refractivity contribution in [2.75, 3.05) is 4.90 Å². The number of carbonyl (C=O) groups excluding carboxylic acids is 2. The lowest BCUT2D eigenvalue weighted by atomic mass is 9.95. The maximum absolute atomic E-state index is 13.0. The molecule has 1 atom stereocenters. The molecule has 0 aliphatic carbocycles. The second-order valence-electron chi connectivity index (χ2n) is 7.18. The molecule has 0 spiro atoms. The number of aliphatic hydroxyl groups excluding tert-OH is 1. The molecule has 3 aromatic rings. The molecule has 2 aromatic carbocycles. The summed E-state index contributed by atoms with van der Waals surface area (Å²) in [7, 11) is 0. The summed E-state index contributed by atoms with van der Waals surface area (Å²) in [4.78, 5) is 37.5. The third-order valence-corrected chi connectivity index (χ3v) is 5.05. The fraction of sp³-hybridized carbons (Fsp3) is 0.136. The maximum Gasteiger partial charge on any atom is 0.301 e. The van der Waals surface area contributed by atoms with Crippen molar-refractivity contribution in [2.45, 2.75) is 19.9 Å². The third-order valence-electron chi connectivity index (χ3n) is 5.05. The molecule has 9 heteroatoms. The van der Waals surface area contributed by atoms with Crippen LogP contribution in [0, 0.1) is 24.0 Å². The molecule has 1 saturated heterocycles. The van der Waals surface area contributed by atoms with E-state index in [2.05, 4.69) is 5.16 Å². The number of nitro benzene ring substituents is 1. The molecule has 1 fully saturated rings. The minimum absolute atomic E-state index is 0.103. The van der Waals surface area contributed by atoms with Crippen molar-refractivity contribution in [2.24, 2.45) is 0 Å². The molecular formula is C22H17N3O6. The first-order valence-corrected chi connectivity index (χ1v) is 9.33. The zero-order valence-electron chi connectivity index (χ0n) is 16.6. The highest BCUT2D eigenvalue weighted by atomic mass is 16.6. The van der Waals surface area contributed by atoms with Crippen LogP contribution >= 0.6 is 0 Å². The van der Waals surface area contributed by atoms with Crippen LogP contribution in [0.2, 0.25) is 0 Å². The number of rotatable bonds is 4. The summed E-state index contributed by atoms with van der Waals surface area (Å²) >= 11 is 0. The second-order valence-corrected chi connectivity index (χ2v) is 7.18. The molecule has 31 heavy (non-hydrogen) atoms. The van der Waals surface area contributed by atoms with Crippen molar-refractivity contribution in [3.8, 4) is 0 Å². The van der Waals surface area contributed by atoms with Gasteiger partial charge in [0, 0.05) is 23.8 Å². The standard InChI is InChI=1S/C22H17N3O6/c1-12-3-5-15(6-4-12)20(26)18-19(14-7-9-16(10-8-14)25(29)30)24(22(28)21(18)27)17-11-13(2)31-23-17/h3-11,19,26H,1-2H3/b20-18+/t19-/m0/s1. The van der Waals surface area contributed by atoms with E-state index >= 15 is 0 Å². The lowest BCUT2D eigenvalue weighted by Crippen LogP contribution is -2.29. The summed E-state index contributed by atoms with van der Waals surface area (Å²) in [6.07, 6.45) is 0. The number of Topliss-reactive ketones (excluding diaryl/α,β-unsaturated/α-hetero) is 1. The fourth-order valence-corrected chi connectivity index (χ4v) is 3.50. The number of aromatic nitrogens is 1. The van der Waals surface area contributed by atoms with Crippen LogP contribution in [-0.2, 0) is 9.59 Å². The van der Waals surface area contributed by atoms with Crippen molar-refractivity contribution < 1.29 is 24.1 Å². The SMILES string of the molecule is Cc1ccc(/C(O)=C2\C(=O)C(=O)N(c3cc(C)on3)[C@H]2c2ccc([N+](=O)[O-])cc2)cc1. The number of amides is 1. The van der Waals surface area contributed by atoms with Gasteiger partial charge in [-0.3, -0.25) is 24.6 Å². The Balaban J connectivity index is 1.92. The van der Waals surface area contributed by atoms with E-state index in [0.717, 1.165) is 10.5 Å². The van der Waals surface area contributed by atoms with Crippen molar-refractivity contribution in [1.29, 1.82) is 0 Å². The summed E-state index contributed by atoms with van der Waals surface area (Å²) in [6.45, 7) is 3.52. The number of aliphatic hydroxyl groups is 1. The number of nitrogens with zero attached hydrogens (tertiary/aromatic N) is 3. The minimum atomic E-state index is -1.04. The zero-order chi connectivity index (χ0) is 22.3. The molecule has 1 aliphatic heterocycles. The number of hydrogen-bond acceptors (Lipinski definition) is 7. The average Bonchev–Trinajstić information content (AvgIpc) is 3.29. The van der Waals surface area contributed by atoms with E-state index in [0.29, 0.717) is 16.9 Å². The normalized spacial score (nSPS) is 17.9. The van der Waals surface area contributed by atoms with E-state index in [9.17, 15) is 24.8 Å². The van der Waals surface area contributed by atoms with E-state index in [4.69, 9.17) is 4.52 Å². The van der Waals surface area contributed by atoms with Crippen LogP contribution in [0.5, 0.6) is 0 Å². The Labute approximate surface area is 176 Å². The molecule has 0 saturated carbocycles. The summed E-state index contributed by atoms with van der Waals surface area (Å²) in [5, 5.41) is 25.8. The van der Waals surface area contributed by atoms with Crippen LogP contribution in [0.3, 0.4) is 0 Å². The number of hydrogen-bond donors (Lipinski definition) is 1. The van der Waals surface area contributed by atoms with Gasteiger partial charge in [0.1, 0.15) is 11.5 Å². The van der Waals surface area contributed by atoms with Crippen molar-refractivity contribution in [3.63, 3.8) is 0 Å². The first-order valence-electron chi connectivity index (χ1n) is 9.33. The summed E-state index contributed by atoms with van der Waals surface area (Å²) < 4.78 is 5.07. The van der Waals surface area contributed by atoms with Gasteiger partial charge in [0.05, 0.1) is 16.5 Å². The Morgan fingerprint density at radius 1 is 1.10 bits per heavy atom. The smallest absolute Gasteiger partial charge is 0.301 e. The number of nitro groups is 1. The Morgan fingerprint density at radius 3 is 2.29 bits per heavy atom. The third kappa shape index (κ3) is 3.46. The lowest BCUT2D eigenvalue weighted by molar-refractivity contribution is -0.384. The van der Waals surface area contributed by atoms with Crippen LogP contribution in [-0.4, -0.2) is 26.9 Å². The Morgan fingerprint density at radius 2 is 1.74 bits per heavy atom. The summed E-state index contributed by atoms with van der Waals surface area (Å²) in [6, 6.07) is 12.7. The molecular weight excluding hydrogens is 402 g/mol. The van der Waals surface area contributed by atoms with Gasteiger partial charge in [-0.15, -0.1) is 0 Å². The van der Waals surface area contributed by atoms with Gasteiger partial charge >= 0.3 is 5.91 Å². The molecule has 9 nitrogen and oxygen atoms in total. The maximum atomic E-state index is 13.0. The fourth-order valence-electron chi connectivity index (χ4n) is 3.50. The first kappa shape index (κ1) is 20.0. The van der Waals surface area contributed by atoms with E-state index in [-0.39, 0.29) is 22.8 Å². The minimum Gasteiger partial charge on any atom is -0.507 e. The summed E-state index contributed by atoms with van der Waals surface area (Å²) in [5.74, 6) is -1.58. The molecule has 0 bridgehead atoms. The number of ketones is 1. The van der Waals surface area contributed by atoms with Crippen molar-refractivity contribution in [3.05, 3.63) is 92.7 Å². The van der Waals surface area contributed by atoms with E-state index < -0.39 is 22.7 Å². The van der Waals surface area contributed by atoms with Gasteiger partial charge in [-0.25, -0.2) is 0 Å². The lowest BCUT2D eigenvalue weighted by Gasteiger charge is -2.22. The second kappa shape index (κ2) is 7.52. The van der Waals surface area contributed by atoms with Gasteiger partial charge in [-0.2, -0.15) is 0 Å². The van der Waals surface area contributed by atoms with Crippen molar-refractivity contribution in [1.82, 2.24) is 5.16 Å². The molecule has 1 aromatic heterocycles. The van der Waals surface area contributed by atoms with Gasteiger partial charge in [0.25, 0.3) is 11.5 Å². The molecule has 1 amide bonds. The van der Waals surface area contributed by atoms with Gasteiger partial charge in [-0.1, -0.05) is 35.0 Å². The van der Waals surface area contributed by atoms with Crippen LogP contribution < -0.4 is 4.90 Å². The number of non-ortho nitro benzene ring substituents is 1. The topological polar surface area (TPSA) is 127 Å². The monoisotopic (exact) mass is 419 g/mol. The number of carbonyl (C=O) groups is 2. The number of aryl methyl sites for hydroxylation is 2. The highest BCUT2D eigenvalue weighted by Crippen LogP contribution is 2.42. The molecule has 0 radical (unpaired) electrons. The predicted molar refractivity (Wildman–Crippen MR) is 110 cm³/mol. The molecule has 2 heterocycles. The molecule has 0 unspecified atom stereocenters. The van der Waals surface area contributed by atoms with Gasteiger partial charge in [0.2, 0.25) is 0 Å². The molecule has 1 N–H and O–H groups in total. The average molecular weight is 419 g/mol. The largest absolute Gasteiger partial charge is 0.507 e. The van der Waals surface area contributed by atoms with E-state index in [1.165, 1.54) is 30.3 Å². The number of benzene rings is 2. The molecule has 4 rings (SSSR count). The Kier molecular flexibility index (Phi) is 4.86. The Bertz CT molecular complexity index is 1220. The van der Waals surface area contributed by atoms with Gasteiger partial charge < -0.3 is 9.63 Å². The van der Waals surface area contributed by atoms with E-state index in [1.54, 1.807) is 31.2 Å². The summed E-state index contributed by atoms with van der Waals surface area (Å²) in [5.41, 5.74) is 1.45. The first-order chi connectivity index (χ1) is 14.8. The molecule has 156 valence electrons. The highest BCUT2D eigenvalue weighted by Gasteiger charge is 2.48. The van der Waals surface area contributed by atoms with Crippen LogP contribution in [0.4, 0.5) is 11.5 Å². The van der Waals surface area contributed by atoms with Crippen LogP contribution in [0.15, 0.2) is 64.7 Å². The van der Waals surface area contributed by atoms with Gasteiger partial charge in [0.15, 0.2) is 5.82 Å². The zero-order valence-corrected chi connectivity index (χ0v) is 16.6.